The van der Waals surface area contributed by atoms with Gasteiger partial charge >= 0.3 is 0 Å². The van der Waals surface area contributed by atoms with E-state index in [1.165, 1.54) is 64.5 Å². The summed E-state index contributed by atoms with van der Waals surface area (Å²) in [5.41, 5.74) is 0.266. The molecular weight excluding hydrogens is 310 g/mol. The van der Waals surface area contributed by atoms with Crippen molar-refractivity contribution in [3.05, 3.63) is 0 Å². The Bertz CT molecular complexity index is 359. The van der Waals surface area contributed by atoms with E-state index in [9.17, 15) is 4.79 Å². The van der Waals surface area contributed by atoms with Gasteiger partial charge < -0.3 is 10.6 Å². The second-order valence-electron chi connectivity index (χ2n) is 7.67. The minimum absolute atomic E-state index is 0. The van der Waals surface area contributed by atoms with Gasteiger partial charge in [0.25, 0.3) is 0 Å². The van der Waals surface area contributed by atoms with Crippen molar-refractivity contribution < 1.29 is 4.79 Å². The fourth-order valence-electron chi connectivity index (χ4n) is 4.67. The number of amides is 1. The van der Waals surface area contributed by atoms with E-state index < -0.39 is 0 Å². The lowest BCUT2D eigenvalue weighted by Crippen LogP contribution is -2.58. The fourth-order valence-corrected chi connectivity index (χ4v) is 4.67. The minimum Gasteiger partial charge on any atom is -0.354 e. The molecular formula is C18H34ClN3O. The normalized spacial score (nSPS) is 28.1. The Kier molecular flexibility index (Phi) is 7.64. The molecule has 3 fully saturated rings. The zero-order valence-electron chi connectivity index (χ0n) is 14.4. The van der Waals surface area contributed by atoms with Crippen LogP contribution in [0.5, 0.6) is 0 Å². The van der Waals surface area contributed by atoms with Gasteiger partial charge in [-0.25, -0.2) is 0 Å². The topological polar surface area (TPSA) is 44.4 Å². The molecule has 3 aliphatic rings. The molecule has 1 aliphatic carbocycles. The molecule has 1 amide bonds. The van der Waals surface area contributed by atoms with E-state index in [0.717, 1.165) is 26.1 Å². The van der Waals surface area contributed by atoms with Crippen molar-refractivity contribution in [2.45, 2.75) is 69.7 Å². The average molecular weight is 344 g/mol. The fraction of sp³-hybridized carbons (Fsp3) is 0.944. The van der Waals surface area contributed by atoms with Crippen molar-refractivity contribution in [2.75, 3.05) is 32.7 Å². The monoisotopic (exact) mass is 343 g/mol. The zero-order chi connectivity index (χ0) is 15.3. The SMILES string of the molecule is Cl.O=C(CC1CCNC1)NCC1(N2CCCCC2)CCCCC1. The molecule has 2 aliphatic heterocycles. The van der Waals surface area contributed by atoms with Gasteiger partial charge in [0, 0.05) is 18.5 Å². The van der Waals surface area contributed by atoms with Gasteiger partial charge in [-0.3, -0.25) is 9.69 Å². The van der Waals surface area contributed by atoms with Gasteiger partial charge in [0.15, 0.2) is 0 Å². The van der Waals surface area contributed by atoms with E-state index in [1.54, 1.807) is 0 Å². The predicted octanol–water partition coefficient (Wildman–Crippen LogP) is 2.71. The van der Waals surface area contributed by atoms with Crippen LogP contribution in [0.2, 0.25) is 0 Å². The highest BCUT2D eigenvalue weighted by molar-refractivity contribution is 5.85. The third-order valence-electron chi connectivity index (χ3n) is 6.06. The van der Waals surface area contributed by atoms with Crippen LogP contribution in [0.25, 0.3) is 0 Å². The van der Waals surface area contributed by atoms with E-state index >= 15 is 0 Å². The number of halogens is 1. The maximum atomic E-state index is 12.3. The van der Waals surface area contributed by atoms with Crippen molar-refractivity contribution in [1.29, 1.82) is 0 Å². The van der Waals surface area contributed by atoms with E-state index in [4.69, 9.17) is 0 Å². The van der Waals surface area contributed by atoms with Crippen molar-refractivity contribution >= 4 is 18.3 Å². The molecule has 0 aromatic heterocycles. The first kappa shape index (κ1) is 19.0. The van der Waals surface area contributed by atoms with Crippen molar-refractivity contribution in [2.24, 2.45) is 5.92 Å². The quantitative estimate of drug-likeness (QED) is 0.806. The van der Waals surface area contributed by atoms with Crippen LogP contribution in [-0.2, 0) is 4.79 Å². The second-order valence-corrected chi connectivity index (χ2v) is 7.67. The first-order chi connectivity index (χ1) is 10.8. The summed E-state index contributed by atoms with van der Waals surface area (Å²) in [6.45, 7) is 5.46. The predicted molar refractivity (Wildman–Crippen MR) is 97.1 cm³/mol. The Hall–Kier alpha value is -0.320. The number of nitrogens with zero attached hydrogens (tertiary/aromatic N) is 1. The first-order valence-corrected chi connectivity index (χ1v) is 9.51. The Balaban J connectivity index is 0.00000192. The standard InChI is InChI=1S/C18H33N3O.ClH/c22-17(13-16-7-10-19-14-16)20-15-18(8-3-1-4-9-18)21-11-5-2-6-12-21;/h16,19H,1-15H2,(H,20,22);1H. The summed E-state index contributed by atoms with van der Waals surface area (Å²) >= 11 is 0. The van der Waals surface area contributed by atoms with Gasteiger partial charge in [0.2, 0.25) is 5.91 Å². The van der Waals surface area contributed by atoms with Crippen LogP contribution in [0.15, 0.2) is 0 Å². The van der Waals surface area contributed by atoms with Gasteiger partial charge in [0.05, 0.1) is 0 Å². The van der Waals surface area contributed by atoms with Crippen LogP contribution < -0.4 is 10.6 Å². The maximum absolute atomic E-state index is 12.3. The molecule has 0 aromatic carbocycles. The van der Waals surface area contributed by atoms with E-state index in [0.29, 0.717) is 12.3 Å². The molecule has 1 saturated carbocycles. The first-order valence-electron chi connectivity index (χ1n) is 9.51. The third kappa shape index (κ3) is 5.07. The van der Waals surface area contributed by atoms with Crippen LogP contribution in [0.4, 0.5) is 0 Å². The maximum Gasteiger partial charge on any atom is 0.220 e. The van der Waals surface area contributed by atoms with Gasteiger partial charge in [-0.05, 0) is 64.2 Å². The second kappa shape index (κ2) is 9.24. The number of rotatable bonds is 5. The van der Waals surface area contributed by atoms with Crippen LogP contribution in [0.1, 0.15) is 64.2 Å². The number of piperidine rings is 1. The van der Waals surface area contributed by atoms with Crippen molar-refractivity contribution in [1.82, 2.24) is 15.5 Å². The lowest BCUT2D eigenvalue weighted by Gasteiger charge is -2.48. The van der Waals surface area contributed by atoms with Gasteiger partial charge in [0.1, 0.15) is 0 Å². The lowest BCUT2D eigenvalue weighted by molar-refractivity contribution is -0.122. The summed E-state index contributed by atoms with van der Waals surface area (Å²) in [4.78, 5) is 15.0. The molecule has 23 heavy (non-hydrogen) atoms. The highest BCUT2D eigenvalue weighted by Gasteiger charge is 2.38. The van der Waals surface area contributed by atoms with Gasteiger partial charge in [-0.15, -0.1) is 12.4 Å². The van der Waals surface area contributed by atoms with E-state index in [1.807, 2.05) is 0 Å². The third-order valence-corrected chi connectivity index (χ3v) is 6.06. The Morgan fingerprint density at radius 2 is 1.78 bits per heavy atom. The number of carbonyl (C=O) groups excluding carboxylic acids is 1. The number of hydrogen-bond acceptors (Lipinski definition) is 3. The summed E-state index contributed by atoms with van der Waals surface area (Å²) in [6, 6.07) is 0. The highest BCUT2D eigenvalue weighted by atomic mass is 35.5. The smallest absolute Gasteiger partial charge is 0.220 e. The summed E-state index contributed by atoms with van der Waals surface area (Å²) in [5.74, 6) is 0.827. The average Bonchev–Trinajstić information content (AvgIpc) is 3.08. The summed E-state index contributed by atoms with van der Waals surface area (Å²) in [5, 5.41) is 6.66. The molecule has 0 aromatic rings. The molecule has 1 atom stereocenters. The zero-order valence-corrected chi connectivity index (χ0v) is 15.3. The van der Waals surface area contributed by atoms with Crippen molar-refractivity contribution in [3.63, 3.8) is 0 Å². The number of carbonyl (C=O) groups is 1. The molecule has 4 nitrogen and oxygen atoms in total. The molecule has 5 heteroatoms. The minimum atomic E-state index is 0. The summed E-state index contributed by atoms with van der Waals surface area (Å²) in [7, 11) is 0. The number of hydrogen-bond donors (Lipinski definition) is 2. The summed E-state index contributed by atoms with van der Waals surface area (Å²) in [6.07, 6.45) is 12.5. The molecule has 0 radical (unpaired) electrons. The molecule has 2 saturated heterocycles. The Morgan fingerprint density at radius 3 is 2.43 bits per heavy atom. The lowest BCUT2D eigenvalue weighted by atomic mass is 9.79. The summed E-state index contributed by atoms with van der Waals surface area (Å²) < 4.78 is 0. The van der Waals surface area contributed by atoms with E-state index in [2.05, 4.69) is 15.5 Å². The van der Waals surface area contributed by atoms with Crippen LogP contribution in [-0.4, -0.2) is 49.1 Å². The molecule has 0 bridgehead atoms. The Labute approximate surface area is 147 Å². The van der Waals surface area contributed by atoms with Gasteiger partial charge in [-0.2, -0.15) is 0 Å². The number of nitrogens with one attached hydrogen (secondary N) is 2. The molecule has 3 rings (SSSR count). The molecule has 2 heterocycles. The molecule has 134 valence electrons. The number of likely N-dealkylation sites (tertiary alicyclic amines) is 1. The van der Waals surface area contributed by atoms with Crippen molar-refractivity contribution in [3.8, 4) is 0 Å². The largest absolute Gasteiger partial charge is 0.354 e. The van der Waals surface area contributed by atoms with E-state index in [-0.39, 0.29) is 23.9 Å². The van der Waals surface area contributed by atoms with Crippen LogP contribution in [0, 0.1) is 5.92 Å². The molecule has 0 spiro atoms. The van der Waals surface area contributed by atoms with Crippen LogP contribution in [0.3, 0.4) is 0 Å². The molecule has 1 unspecified atom stereocenters. The Morgan fingerprint density at radius 1 is 1.09 bits per heavy atom. The van der Waals surface area contributed by atoms with Crippen LogP contribution >= 0.6 is 12.4 Å². The highest BCUT2D eigenvalue weighted by Crippen LogP contribution is 2.35. The van der Waals surface area contributed by atoms with Gasteiger partial charge in [-0.1, -0.05) is 25.7 Å². The molecule has 2 N–H and O–H groups in total.